The summed E-state index contributed by atoms with van der Waals surface area (Å²) in [4.78, 5) is 23.2. The summed E-state index contributed by atoms with van der Waals surface area (Å²) in [6.45, 7) is 12.3. The number of ether oxygens (including phenoxy) is 2. The molecule has 1 aliphatic rings. The molecule has 0 radical (unpaired) electrons. The molecule has 0 atom stereocenters. The normalized spacial score (nSPS) is 15.7. The smallest absolute Gasteiger partial charge is 0.466 e. The van der Waals surface area contributed by atoms with Crippen LogP contribution in [-0.2, 0) is 51.3 Å². The molecular weight excluding hydrogens is 680 g/mol. The molecule has 0 aliphatic carbocycles. The maximum Gasteiger partial charge on any atom is 0.534 e. The summed E-state index contributed by atoms with van der Waals surface area (Å²) in [6.07, 6.45) is 0.332. The van der Waals surface area contributed by atoms with Crippen LogP contribution in [-0.4, -0.2) is 57.4 Å². The third-order valence-electron chi connectivity index (χ3n) is 7.60. The van der Waals surface area contributed by atoms with E-state index in [-0.39, 0.29) is 37.3 Å². The Bertz CT molecular complexity index is 1850. The second-order valence-corrected chi connectivity index (χ2v) is 14.8. The van der Waals surface area contributed by atoms with Gasteiger partial charge in [-0.25, -0.2) is 0 Å². The van der Waals surface area contributed by atoms with Crippen LogP contribution in [0.2, 0.25) is 0 Å². The lowest BCUT2D eigenvalue weighted by molar-refractivity contribution is -0.143. The van der Waals surface area contributed by atoms with E-state index in [9.17, 15) is 31.2 Å². The van der Waals surface area contributed by atoms with Gasteiger partial charge in [0.05, 0.1) is 37.3 Å². The summed E-state index contributed by atoms with van der Waals surface area (Å²) in [6, 6.07) is 9.84. The maximum absolute atomic E-state index is 12.3. The number of fused-ring (bicyclic) bond motifs is 2. The van der Waals surface area contributed by atoms with Crippen LogP contribution in [0.5, 0.6) is 5.75 Å². The van der Waals surface area contributed by atoms with Crippen molar-refractivity contribution in [2.45, 2.75) is 71.1 Å². The Morgan fingerprint density at radius 1 is 0.809 bits per heavy atom. The van der Waals surface area contributed by atoms with Crippen molar-refractivity contribution < 1.29 is 54.1 Å². The molecule has 3 heterocycles. The zero-order chi connectivity index (χ0) is 34.8. The Labute approximate surface area is 279 Å². The van der Waals surface area contributed by atoms with Gasteiger partial charge in [0, 0.05) is 9.40 Å². The van der Waals surface area contributed by atoms with E-state index in [0.717, 1.165) is 38.5 Å². The first-order chi connectivity index (χ1) is 21.9. The summed E-state index contributed by atoms with van der Waals surface area (Å²) in [5.41, 5.74) is -3.53. The van der Waals surface area contributed by atoms with E-state index in [4.69, 9.17) is 18.8 Å². The predicted octanol–water partition coefficient (Wildman–Crippen LogP) is 6.54. The van der Waals surface area contributed by atoms with Crippen molar-refractivity contribution in [1.82, 2.24) is 0 Å². The van der Waals surface area contributed by atoms with Crippen LogP contribution < -0.4 is 9.65 Å². The number of halogens is 3. The van der Waals surface area contributed by atoms with Gasteiger partial charge in [0.1, 0.15) is 5.75 Å². The van der Waals surface area contributed by atoms with Gasteiger partial charge in [0.25, 0.3) is 0 Å². The molecule has 9 nitrogen and oxygen atoms in total. The monoisotopic (exact) mass is 714 g/mol. The number of carbonyl (C=O) groups is 2. The first-order valence-corrected chi connectivity index (χ1v) is 17.7. The number of hydrogen-bond donors (Lipinski definition) is 0. The minimum absolute atomic E-state index is 0.0227. The van der Waals surface area contributed by atoms with Crippen molar-refractivity contribution >= 4 is 77.5 Å². The van der Waals surface area contributed by atoms with Gasteiger partial charge in [0.2, 0.25) is 0 Å². The van der Waals surface area contributed by atoms with Crippen LogP contribution in [0.4, 0.5) is 13.2 Å². The van der Waals surface area contributed by atoms with Gasteiger partial charge in [-0.15, -0.1) is 22.7 Å². The largest absolute Gasteiger partial charge is 0.534 e. The fourth-order valence-corrected chi connectivity index (χ4v) is 6.97. The predicted molar refractivity (Wildman–Crippen MR) is 176 cm³/mol. The first kappa shape index (κ1) is 36.7. The van der Waals surface area contributed by atoms with E-state index < -0.39 is 27.3 Å². The molecule has 47 heavy (non-hydrogen) atoms. The molecule has 1 aliphatic heterocycles. The lowest BCUT2D eigenvalue weighted by atomic mass is 9.79. The van der Waals surface area contributed by atoms with Crippen LogP contribution in [0.3, 0.4) is 0 Å². The van der Waals surface area contributed by atoms with E-state index in [2.05, 4.69) is 10.2 Å². The standard InChI is InChI=1S/C18H23BO4S.C13H11F3O5S2/c1-6-21-16(20)9-12-11-24-15-10-13(7-8-14(12)15)19-22-17(2,3)18(4,5)23-19;1-2-20-12(17)5-8-7-22-11-6-9(3-4-10(8)11)21-23(18,19)13(14,15)16/h7-8,10-11H,6,9H2,1-5H3;3-4,6-7H,2,5H2,1H3. The molecule has 2 aromatic carbocycles. The number of carbonyl (C=O) groups excluding carboxylic acids is 2. The van der Waals surface area contributed by atoms with Crippen molar-refractivity contribution in [3.05, 3.63) is 58.3 Å². The number of hydrogen-bond acceptors (Lipinski definition) is 11. The SMILES string of the molecule is CCOC(=O)Cc1csc2cc(B3OC(C)(C)C(C)(C)O3)ccc12.CCOC(=O)Cc1csc2cc(OS(=O)(=O)C(F)(F)F)ccc12. The molecule has 0 spiro atoms. The van der Waals surface area contributed by atoms with Gasteiger partial charge in [-0.3, -0.25) is 9.59 Å². The molecule has 5 rings (SSSR count). The zero-order valence-electron chi connectivity index (χ0n) is 26.6. The average molecular weight is 715 g/mol. The highest BCUT2D eigenvalue weighted by Crippen LogP contribution is 2.37. The molecule has 1 fully saturated rings. The second-order valence-electron chi connectivity index (χ2n) is 11.5. The number of alkyl halides is 3. The molecule has 0 N–H and O–H groups in total. The molecule has 0 unspecified atom stereocenters. The molecule has 254 valence electrons. The number of rotatable bonds is 9. The summed E-state index contributed by atoms with van der Waals surface area (Å²) >= 11 is 2.79. The van der Waals surface area contributed by atoms with Crippen molar-refractivity contribution in [3.63, 3.8) is 0 Å². The first-order valence-electron chi connectivity index (χ1n) is 14.5. The molecule has 2 aromatic heterocycles. The van der Waals surface area contributed by atoms with Crippen molar-refractivity contribution in [1.29, 1.82) is 0 Å². The van der Waals surface area contributed by atoms with Gasteiger partial charge in [0.15, 0.2) is 0 Å². The van der Waals surface area contributed by atoms with Gasteiger partial charge in [-0.05, 0) is 104 Å². The fraction of sp³-hybridized carbons (Fsp3) is 0.419. The highest BCUT2D eigenvalue weighted by molar-refractivity contribution is 7.88. The highest BCUT2D eigenvalue weighted by atomic mass is 32.2. The van der Waals surface area contributed by atoms with Gasteiger partial charge in [-0.2, -0.15) is 21.6 Å². The van der Waals surface area contributed by atoms with Crippen molar-refractivity contribution in [3.8, 4) is 5.75 Å². The van der Waals surface area contributed by atoms with Crippen molar-refractivity contribution in [2.75, 3.05) is 13.2 Å². The van der Waals surface area contributed by atoms with E-state index in [1.165, 1.54) is 12.1 Å². The van der Waals surface area contributed by atoms with Gasteiger partial charge >= 0.3 is 34.7 Å². The number of benzene rings is 2. The van der Waals surface area contributed by atoms with E-state index >= 15 is 0 Å². The van der Waals surface area contributed by atoms with Crippen LogP contribution in [0.15, 0.2) is 47.2 Å². The minimum Gasteiger partial charge on any atom is -0.466 e. The van der Waals surface area contributed by atoms with Crippen molar-refractivity contribution in [2.24, 2.45) is 0 Å². The van der Waals surface area contributed by atoms with Gasteiger partial charge < -0.3 is 23.0 Å². The average Bonchev–Trinajstić information content (AvgIpc) is 3.61. The fourth-order valence-electron chi connectivity index (χ4n) is 4.52. The summed E-state index contributed by atoms with van der Waals surface area (Å²) in [7, 11) is -6.07. The molecule has 0 amide bonds. The summed E-state index contributed by atoms with van der Waals surface area (Å²) in [5.74, 6) is -1.06. The maximum atomic E-state index is 12.3. The topological polar surface area (TPSA) is 114 Å². The Morgan fingerprint density at radius 2 is 1.28 bits per heavy atom. The molecule has 16 heteroatoms. The number of esters is 2. The highest BCUT2D eigenvalue weighted by Gasteiger charge is 2.52. The third-order valence-corrected chi connectivity index (χ3v) is 10.6. The minimum atomic E-state index is -5.71. The number of thiophene rings is 2. The lowest BCUT2D eigenvalue weighted by Gasteiger charge is -2.32. The van der Waals surface area contributed by atoms with Crippen LogP contribution in [0.25, 0.3) is 20.2 Å². The quantitative estimate of drug-likeness (QED) is 0.0825. The van der Waals surface area contributed by atoms with E-state index in [1.54, 1.807) is 23.6 Å². The zero-order valence-corrected chi connectivity index (χ0v) is 29.0. The Hall–Kier alpha value is -3.18. The van der Waals surface area contributed by atoms with Crippen LogP contribution in [0, 0.1) is 0 Å². The van der Waals surface area contributed by atoms with Crippen LogP contribution in [0.1, 0.15) is 52.7 Å². The Morgan fingerprint density at radius 3 is 1.74 bits per heavy atom. The second kappa shape index (κ2) is 14.1. The van der Waals surface area contributed by atoms with E-state index in [1.807, 2.05) is 52.1 Å². The summed E-state index contributed by atoms with van der Waals surface area (Å²) < 4.78 is 86.6. The lowest BCUT2D eigenvalue weighted by Crippen LogP contribution is -2.41. The Balaban J connectivity index is 0.000000213. The molecular formula is C31H34BF3O9S3. The van der Waals surface area contributed by atoms with E-state index in [0.29, 0.717) is 28.7 Å². The Kier molecular flexibility index (Phi) is 11.0. The van der Waals surface area contributed by atoms with Crippen LogP contribution >= 0.6 is 22.7 Å². The molecule has 0 bridgehead atoms. The molecule has 4 aromatic rings. The third kappa shape index (κ3) is 8.46. The molecule has 0 saturated carbocycles. The summed E-state index contributed by atoms with van der Waals surface area (Å²) in [5, 5.41) is 5.40. The molecule has 1 saturated heterocycles. The van der Waals surface area contributed by atoms with Gasteiger partial charge in [-0.1, -0.05) is 12.1 Å².